The quantitative estimate of drug-likeness (QED) is 0.271. The number of benzene rings is 2. The maximum atomic E-state index is 13.5. The molecule has 6 rings (SSSR count). The van der Waals surface area contributed by atoms with E-state index in [-0.39, 0.29) is 12.2 Å². The van der Waals surface area contributed by atoms with Gasteiger partial charge >= 0.3 is 5.97 Å². The van der Waals surface area contributed by atoms with Crippen LogP contribution in [-0.2, 0) is 11.3 Å². The van der Waals surface area contributed by atoms with E-state index in [1.807, 2.05) is 13.0 Å². The number of rotatable bonds is 8. The second kappa shape index (κ2) is 9.29. The molecule has 0 radical (unpaired) electrons. The second-order valence-electron chi connectivity index (χ2n) is 11.3. The number of pyridine rings is 1. The number of ketones is 1. The summed E-state index contributed by atoms with van der Waals surface area (Å²) >= 11 is 0. The number of carboxylic acid groups (broad SMARTS) is 1. The largest absolute Gasteiger partial charge is 0.481 e. The van der Waals surface area contributed by atoms with Gasteiger partial charge in [-0.05, 0) is 72.6 Å². The topological polar surface area (TPSA) is 72.2 Å². The second-order valence-corrected chi connectivity index (χ2v) is 11.3. The van der Waals surface area contributed by atoms with E-state index < -0.39 is 5.97 Å². The fraction of sp³-hybridized carbons (Fsp3) is 0.344. The van der Waals surface area contributed by atoms with Gasteiger partial charge in [-0.3, -0.25) is 14.6 Å². The number of carboxylic acids is 1. The summed E-state index contributed by atoms with van der Waals surface area (Å²) in [5, 5.41) is 10.1. The number of fused-ring (bicyclic) bond motifs is 1. The number of aryl methyl sites for hydroxylation is 1. The Morgan fingerprint density at radius 2 is 1.57 bits per heavy atom. The van der Waals surface area contributed by atoms with E-state index in [1.54, 1.807) is 6.20 Å². The van der Waals surface area contributed by atoms with Gasteiger partial charge in [-0.25, -0.2) is 0 Å². The highest BCUT2D eigenvalue weighted by atomic mass is 16.4. The lowest BCUT2D eigenvalue weighted by Crippen LogP contribution is -2.48. The number of hydrogen-bond donors (Lipinski definition) is 1. The monoisotopic (exact) mass is 492 g/mol. The number of aliphatic carboxylic acids is 1. The summed E-state index contributed by atoms with van der Waals surface area (Å²) in [4.78, 5) is 29.0. The van der Waals surface area contributed by atoms with Crippen molar-refractivity contribution in [3.8, 4) is 11.1 Å². The van der Waals surface area contributed by atoms with Crippen molar-refractivity contribution in [2.75, 3.05) is 0 Å². The lowest BCUT2D eigenvalue weighted by molar-refractivity contribution is -0.142. The van der Waals surface area contributed by atoms with E-state index in [2.05, 4.69) is 70.3 Å². The Labute approximate surface area is 217 Å². The number of carbonyl (C=O) groups is 2. The molecule has 1 N–H and O–H groups in total. The van der Waals surface area contributed by atoms with E-state index in [1.165, 1.54) is 16.7 Å². The molecule has 0 aliphatic heterocycles. The van der Waals surface area contributed by atoms with E-state index in [4.69, 9.17) is 5.11 Å². The summed E-state index contributed by atoms with van der Waals surface area (Å²) in [6, 6.07) is 21.1. The highest BCUT2D eigenvalue weighted by Crippen LogP contribution is 2.62. The molecule has 2 aromatic carbocycles. The number of carbonyl (C=O) groups excluding carboxylic acids is 1. The molecule has 5 heteroatoms. The lowest BCUT2D eigenvalue weighted by Gasteiger charge is -2.58. The molecule has 4 aromatic rings. The molecule has 2 aliphatic carbocycles. The Balaban J connectivity index is 1.17. The van der Waals surface area contributed by atoms with Gasteiger partial charge < -0.3 is 9.67 Å². The van der Waals surface area contributed by atoms with Gasteiger partial charge in [0.05, 0.1) is 11.1 Å². The fourth-order valence-electron chi connectivity index (χ4n) is 6.89. The summed E-state index contributed by atoms with van der Waals surface area (Å²) < 4.78 is 2.18. The number of Topliss-reactive ketones (excluding diaryl/α,β-unsaturated/α-hetero) is 1. The predicted molar refractivity (Wildman–Crippen MR) is 145 cm³/mol. The molecule has 0 saturated heterocycles. The molecule has 37 heavy (non-hydrogen) atoms. The molecule has 2 aromatic heterocycles. The third kappa shape index (κ3) is 4.59. The van der Waals surface area contributed by atoms with Gasteiger partial charge in [0.15, 0.2) is 5.78 Å². The van der Waals surface area contributed by atoms with Crippen molar-refractivity contribution in [3.05, 3.63) is 89.9 Å². The zero-order valence-corrected chi connectivity index (χ0v) is 21.2. The molecule has 1 spiro atoms. The van der Waals surface area contributed by atoms with Crippen LogP contribution in [-0.4, -0.2) is 26.4 Å². The maximum absolute atomic E-state index is 13.5. The van der Waals surface area contributed by atoms with Crippen molar-refractivity contribution in [2.24, 2.45) is 17.3 Å². The first kappa shape index (κ1) is 23.7. The van der Waals surface area contributed by atoms with E-state index in [0.29, 0.717) is 35.8 Å². The maximum Gasteiger partial charge on any atom is 0.303 e. The molecule has 5 nitrogen and oxygen atoms in total. The minimum absolute atomic E-state index is 0.165. The smallest absolute Gasteiger partial charge is 0.303 e. The molecule has 0 amide bonds. The Bertz CT molecular complexity index is 1460. The van der Waals surface area contributed by atoms with Crippen molar-refractivity contribution < 1.29 is 14.7 Å². The summed E-state index contributed by atoms with van der Waals surface area (Å²) in [5.74, 6) is 0.179. The zero-order valence-electron chi connectivity index (χ0n) is 21.2. The van der Waals surface area contributed by atoms with E-state index in [9.17, 15) is 9.59 Å². The van der Waals surface area contributed by atoms with Crippen molar-refractivity contribution in [1.29, 1.82) is 0 Å². The SMILES string of the molecule is Cc1ncc(C(=O)CC2CC3(CC(CC(=O)O)C3)C2)c2c1ccn2Cc1ccc(-c2ccccc2)cc1. The fourth-order valence-corrected chi connectivity index (χ4v) is 6.89. The summed E-state index contributed by atoms with van der Waals surface area (Å²) in [7, 11) is 0. The number of hydrogen-bond acceptors (Lipinski definition) is 3. The molecule has 0 bridgehead atoms. The van der Waals surface area contributed by atoms with Gasteiger partial charge in [-0.15, -0.1) is 0 Å². The van der Waals surface area contributed by atoms with Crippen molar-refractivity contribution in [1.82, 2.24) is 9.55 Å². The average Bonchev–Trinajstić information content (AvgIpc) is 3.27. The van der Waals surface area contributed by atoms with Crippen LogP contribution in [0.1, 0.15) is 60.1 Å². The molecular weight excluding hydrogens is 460 g/mol. The summed E-state index contributed by atoms with van der Waals surface area (Å²) in [6.45, 7) is 2.69. The third-order valence-electron chi connectivity index (χ3n) is 8.53. The number of nitrogens with zero attached hydrogens (tertiary/aromatic N) is 2. The van der Waals surface area contributed by atoms with Crippen LogP contribution in [0.15, 0.2) is 73.1 Å². The predicted octanol–water partition coefficient (Wildman–Crippen LogP) is 6.91. The molecule has 2 fully saturated rings. The summed E-state index contributed by atoms with van der Waals surface area (Å²) in [5.41, 5.74) is 6.51. The van der Waals surface area contributed by atoms with Crippen molar-refractivity contribution >= 4 is 22.7 Å². The minimum atomic E-state index is -0.697. The van der Waals surface area contributed by atoms with Crippen LogP contribution in [0.5, 0.6) is 0 Å². The van der Waals surface area contributed by atoms with Crippen LogP contribution in [0.25, 0.3) is 22.0 Å². The van der Waals surface area contributed by atoms with Crippen molar-refractivity contribution in [3.63, 3.8) is 0 Å². The highest BCUT2D eigenvalue weighted by Gasteiger charge is 2.53. The standard InChI is InChI=1S/C32H32N2O3/c1-21-27-11-12-34(20-22-7-9-26(10-8-22)25-5-3-2-4-6-25)31(27)28(19-33-21)29(35)13-23-15-32(16-23)17-24(18-32)14-30(36)37/h2-12,19,23-24H,13-18,20H2,1H3,(H,36,37). The van der Waals surface area contributed by atoms with Crippen LogP contribution in [0.2, 0.25) is 0 Å². The Hall–Kier alpha value is -3.73. The Kier molecular flexibility index (Phi) is 5.94. The summed E-state index contributed by atoms with van der Waals surface area (Å²) in [6.07, 6.45) is 8.76. The molecular formula is C32H32N2O3. The van der Waals surface area contributed by atoms with Crippen LogP contribution in [0.3, 0.4) is 0 Å². The zero-order chi connectivity index (χ0) is 25.6. The van der Waals surface area contributed by atoms with E-state index in [0.717, 1.165) is 42.3 Å². The van der Waals surface area contributed by atoms with Gasteiger partial charge in [0.1, 0.15) is 0 Å². The highest BCUT2D eigenvalue weighted by molar-refractivity contribution is 6.07. The molecule has 0 unspecified atom stereocenters. The first-order chi connectivity index (χ1) is 17.9. The van der Waals surface area contributed by atoms with Crippen LogP contribution >= 0.6 is 0 Å². The Morgan fingerprint density at radius 3 is 2.24 bits per heavy atom. The Morgan fingerprint density at radius 1 is 0.919 bits per heavy atom. The molecule has 2 saturated carbocycles. The first-order valence-electron chi connectivity index (χ1n) is 13.2. The van der Waals surface area contributed by atoms with Gasteiger partial charge in [0.25, 0.3) is 0 Å². The lowest BCUT2D eigenvalue weighted by atomic mass is 9.47. The normalized spacial score (nSPS) is 22.5. The van der Waals surface area contributed by atoms with Gasteiger partial charge in [0, 0.05) is 42.9 Å². The van der Waals surface area contributed by atoms with Crippen LogP contribution in [0, 0.1) is 24.2 Å². The third-order valence-corrected chi connectivity index (χ3v) is 8.53. The van der Waals surface area contributed by atoms with Gasteiger partial charge in [-0.1, -0.05) is 54.6 Å². The number of aromatic nitrogens is 2. The molecule has 2 heterocycles. The molecule has 2 aliphatic rings. The van der Waals surface area contributed by atoms with Crippen molar-refractivity contribution in [2.45, 2.75) is 52.0 Å². The average molecular weight is 493 g/mol. The van der Waals surface area contributed by atoms with Gasteiger partial charge in [-0.2, -0.15) is 0 Å². The van der Waals surface area contributed by atoms with Crippen LogP contribution < -0.4 is 0 Å². The first-order valence-corrected chi connectivity index (χ1v) is 13.2. The van der Waals surface area contributed by atoms with E-state index >= 15 is 0 Å². The molecule has 188 valence electrons. The minimum Gasteiger partial charge on any atom is -0.481 e. The molecule has 0 atom stereocenters. The van der Waals surface area contributed by atoms with Gasteiger partial charge in [0.2, 0.25) is 0 Å². The van der Waals surface area contributed by atoms with Crippen LogP contribution in [0.4, 0.5) is 0 Å².